The van der Waals surface area contributed by atoms with Gasteiger partial charge in [0.1, 0.15) is 0 Å². The van der Waals surface area contributed by atoms with Gasteiger partial charge >= 0.3 is 6.03 Å². The van der Waals surface area contributed by atoms with Crippen LogP contribution in [0.1, 0.15) is 5.56 Å². The minimum Gasteiger partial charge on any atom is -0.308 e. The number of rotatable bonds is 2. The molecule has 0 atom stereocenters. The standard InChI is InChI=1S/C20H16N4O/c1-13-4-6-15(7-5-13)23-20(25)24-18-11-14-8-10-21-12-17(14)19-16(18)3-2-9-22-19/h2-12H,1H3,(H2,23,24,25). The fraction of sp³-hybridized carbons (Fsp3) is 0.0500. The highest BCUT2D eigenvalue weighted by atomic mass is 16.2. The van der Waals surface area contributed by atoms with E-state index in [2.05, 4.69) is 20.6 Å². The molecule has 2 aromatic heterocycles. The van der Waals surface area contributed by atoms with Crippen LogP contribution in [0.15, 0.2) is 67.1 Å². The van der Waals surface area contributed by atoms with E-state index in [1.165, 1.54) is 0 Å². The molecule has 0 aliphatic heterocycles. The largest absolute Gasteiger partial charge is 0.323 e. The smallest absolute Gasteiger partial charge is 0.308 e. The van der Waals surface area contributed by atoms with Crippen LogP contribution >= 0.6 is 0 Å². The number of carbonyl (C=O) groups is 1. The average Bonchev–Trinajstić information content (AvgIpc) is 2.64. The molecule has 2 amide bonds. The lowest BCUT2D eigenvalue weighted by Crippen LogP contribution is -2.19. The van der Waals surface area contributed by atoms with Gasteiger partial charge in [0.25, 0.3) is 0 Å². The van der Waals surface area contributed by atoms with E-state index in [1.807, 2.05) is 55.5 Å². The number of nitrogens with one attached hydrogen (secondary N) is 2. The molecule has 0 unspecified atom stereocenters. The lowest BCUT2D eigenvalue weighted by atomic mass is 10.1. The van der Waals surface area contributed by atoms with Gasteiger partial charge in [0, 0.05) is 35.1 Å². The number of hydrogen-bond donors (Lipinski definition) is 2. The summed E-state index contributed by atoms with van der Waals surface area (Å²) in [6.07, 6.45) is 5.26. The maximum Gasteiger partial charge on any atom is 0.323 e. The second kappa shape index (κ2) is 6.20. The van der Waals surface area contributed by atoms with Crippen LogP contribution < -0.4 is 10.6 Å². The van der Waals surface area contributed by atoms with Crippen LogP contribution in [0.4, 0.5) is 16.2 Å². The highest BCUT2D eigenvalue weighted by Gasteiger charge is 2.10. The van der Waals surface area contributed by atoms with E-state index in [4.69, 9.17) is 0 Å². The van der Waals surface area contributed by atoms with Gasteiger partial charge in [-0.3, -0.25) is 9.97 Å². The summed E-state index contributed by atoms with van der Waals surface area (Å²) in [4.78, 5) is 21.0. The summed E-state index contributed by atoms with van der Waals surface area (Å²) in [5.41, 5.74) is 3.42. The Balaban J connectivity index is 1.70. The molecule has 2 heterocycles. The van der Waals surface area contributed by atoms with Crippen LogP contribution in [0, 0.1) is 6.92 Å². The molecular weight excluding hydrogens is 312 g/mol. The lowest BCUT2D eigenvalue weighted by molar-refractivity contribution is 0.262. The molecule has 122 valence electrons. The van der Waals surface area contributed by atoms with Gasteiger partial charge in [0.15, 0.2) is 0 Å². The fourth-order valence-electron chi connectivity index (χ4n) is 2.82. The Morgan fingerprint density at radius 3 is 2.64 bits per heavy atom. The molecule has 0 saturated carbocycles. The summed E-state index contributed by atoms with van der Waals surface area (Å²) < 4.78 is 0. The predicted octanol–water partition coefficient (Wildman–Crippen LogP) is 4.74. The number of amides is 2. The molecule has 4 aromatic rings. The highest BCUT2D eigenvalue weighted by molar-refractivity contribution is 6.14. The van der Waals surface area contributed by atoms with Crippen molar-refractivity contribution in [2.45, 2.75) is 6.92 Å². The fourth-order valence-corrected chi connectivity index (χ4v) is 2.82. The Bertz CT molecular complexity index is 1070. The van der Waals surface area contributed by atoms with Crippen molar-refractivity contribution < 1.29 is 4.79 Å². The van der Waals surface area contributed by atoms with Crippen molar-refractivity contribution >= 4 is 39.1 Å². The van der Waals surface area contributed by atoms with E-state index >= 15 is 0 Å². The Kier molecular flexibility index (Phi) is 3.74. The van der Waals surface area contributed by atoms with E-state index in [-0.39, 0.29) is 6.03 Å². The maximum atomic E-state index is 12.4. The molecule has 0 aliphatic carbocycles. The molecule has 5 heteroatoms. The molecule has 0 bridgehead atoms. The van der Waals surface area contributed by atoms with E-state index in [0.29, 0.717) is 5.69 Å². The van der Waals surface area contributed by atoms with Crippen LogP contribution in [-0.2, 0) is 0 Å². The first kappa shape index (κ1) is 15.1. The second-order valence-corrected chi connectivity index (χ2v) is 5.87. The molecule has 25 heavy (non-hydrogen) atoms. The summed E-state index contributed by atoms with van der Waals surface area (Å²) in [7, 11) is 0. The van der Waals surface area contributed by atoms with Crippen LogP contribution in [0.25, 0.3) is 21.7 Å². The number of carbonyl (C=O) groups excluding carboxylic acids is 1. The molecule has 2 N–H and O–H groups in total. The van der Waals surface area contributed by atoms with Gasteiger partial charge in [-0.1, -0.05) is 17.7 Å². The number of fused-ring (bicyclic) bond motifs is 3. The molecule has 0 saturated heterocycles. The number of nitrogens with zero attached hydrogens (tertiary/aromatic N) is 2. The second-order valence-electron chi connectivity index (χ2n) is 5.87. The zero-order valence-electron chi connectivity index (χ0n) is 13.7. The molecule has 4 rings (SSSR count). The summed E-state index contributed by atoms with van der Waals surface area (Å²) in [5, 5.41) is 8.59. The van der Waals surface area contributed by atoms with Gasteiger partial charge in [-0.2, -0.15) is 0 Å². The minimum atomic E-state index is -0.289. The highest BCUT2D eigenvalue weighted by Crippen LogP contribution is 2.30. The monoisotopic (exact) mass is 328 g/mol. The number of aryl methyl sites for hydroxylation is 1. The number of anilines is 2. The number of hydrogen-bond acceptors (Lipinski definition) is 3. The quantitative estimate of drug-likeness (QED) is 0.522. The normalized spacial score (nSPS) is 10.8. The van der Waals surface area contributed by atoms with E-state index in [9.17, 15) is 4.79 Å². The van der Waals surface area contributed by atoms with Crippen molar-refractivity contribution in [3.8, 4) is 0 Å². The molecule has 5 nitrogen and oxygen atoms in total. The van der Waals surface area contributed by atoms with Crippen LogP contribution in [0.2, 0.25) is 0 Å². The molecule has 0 radical (unpaired) electrons. The molecule has 0 spiro atoms. The summed E-state index contributed by atoms with van der Waals surface area (Å²) in [5.74, 6) is 0. The number of aromatic nitrogens is 2. The minimum absolute atomic E-state index is 0.289. The third-order valence-electron chi connectivity index (χ3n) is 4.07. The topological polar surface area (TPSA) is 66.9 Å². The van der Waals surface area contributed by atoms with Gasteiger partial charge in [-0.15, -0.1) is 0 Å². The first-order valence-corrected chi connectivity index (χ1v) is 7.97. The summed E-state index contributed by atoms with van der Waals surface area (Å²) in [6.45, 7) is 2.01. The van der Waals surface area contributed by atoms with E-state index in [1.54, 1.807) is 18.6 Å². The maximum absolute atomic E-state index is 12.4. The van der Waals surface area contributed by atoms with Crippen LogP contribution in [0.5, 0.6) is 0 Å². The van der Waals surface area contributed by atoms with Crippen molar-refractivity contribution in [1.29, 1.82) is 0 Å². The Labute approximate surface area is 144 Å². The van der Waals surface area contributed by atoms with Crippen molar-refractivity contribution in [2.24, 2.45) is 0 Å². The van der Waals surface area contributed by atoms with E-state index < -0.39 is 0 Å². The van der Waals surface area contributed by atoms with Gasteiger partial charge < -0.3 is 10.6 Å². The SMILES string of the molecule is Cc1ccc(NC(=O)Nc2cc3ccncc3c3ncccc23)cc1. The Morgan fingerprint density at radius 1 is 0.960 bits per heavy atom. The molecule has 0 aliphatic rings. The van der Waals surface area contributed by atoms with E-state index in [0.717, 1.165) is 32.9 Å². The molecule has 0 fully saturated rings. The zero-order chi connectivity index (χ0) is 17.2. The number of benzene rings is 2. The summed E-state index contributed by atoms with van der Waals surface area (Å²) >= 11 is 0. The van der Waals surface area contributed by atoms with Crippen molar-refractivity contribution in [2.75, 3.05) is 10.6 Å². The predicted molar refractivity (Wildman–Crippen MR) is 101 cm³/mol. The Hall–Kier alpha value is -3.47. The van der Waals surface area contributed by atoms with Crippen molar-refractivity contribution in [3.05, 3.63) is 72.7 Å². The van der Waals surface area contributed by atoms with Crippen LogP contribution in [0.3, 0.4) is 0 Å². The third kappa shape index (κ3) is 2.99. The first-order valence-electron chi connectivity index (χ1n) is 7.97. The summed E-state index contributed by atoms with van der Waals surface area (Å²) in [6, 6.07) is 15.0. The first-order chi connectivity index (χ1) is 12.2. The van der Waals surface area contributed by atoms with Gasteiger partial charge in [-0.05, 0) is 48.7 Å². The average molecular weight is 328 g/mol. The third-order valence-corrected chi connectivity index (χ3v) is 4.07. The van der Waals surface area contributed by atoms with Gasteiger partial charge in [-0.25, -0.2) is 4.79 Å². The number of urea groups is 1. The molecule has 2 aromatic carbocycles. The van der Waals surface area contributed by atoms with Crippen molar-refractivity contribution in [1.82, 2.24) is 9.97 Å². The van der Waals surface area contributed by atoms with Crippen LogP contribution in [-0.4, -0.2) is 16.0 Å². The van der Waals surface area contributed by atoms with Crippen molar-refractivity contribution in [3.63, 3.8) is 0 Å². The number of pyridine rings is 2. The molecular formula is C20H16N4O. The van der Waals surface area contributed by atoms with Gasteiger partial charge in [0.05, 0.1) is 11.2 Å². The zero-order valence-corrected chi connectivity index (χ0v) is 13.7. The lowest BCUT2D eigenvalue weighted by Gasteiger charge is -2.12. The Morgan fingerprint density at radius 2 is 1.80 bits per heavy atom. The van der Waals surface area contributed by atoms with Gasteiger partial charge in [0.2, 0.25) is 0 Å².